The number of aliphatic hydroxyl groups is 1. The van der Waals surface area contributed by atoms with Crippen molar-refractivity contribution in [2.45, 2.75) is 51.0 Å². The number of aliphatic hydroxyl groups excluding tert-OH is 1. The van der Waals surface area contributed by atoms with Crippen LogP contribution in [-0.2, 0) is 22.6 Å². The van der Waals surface area contributed by atoms with Crippen molar-refractivity contribution in [3.63, 3.8) is 0 Å². The van der Waals surface area contributed by atoms with Crippen LogP contribution < -0.4 is 5.32 Å². The molecule has 11 heteroatoms. The smallest absolute Gasteiger partial charge is 0.257 e. The minimum absolute atomic E-state index is 0.0727. The Bertz CT molecular complexity index is 1630. The van der Waals surface area contributed by atoms with Crippen molar-refractivity contribution in [1.29, 1.82) is 0 Å². The second kappa shape index (κ2) is 14.5. The van der Waals surface area contributed by atoms with Gasteiger partial charge >= 0.3 is 0 Å². The van der Waals surface area contributed by atoms with Gasteiger partial charge in [0, 0.05) is 31.1 Å². The molecule has 2 N–H and O–H groups in total. The van der Waals surface area contributed by atoms with E-state index in [1.54, 1.807) is 24.3 Å². The zero-order valence-electron chi connectivity index (χ0n) is 25.2. The summed E-state index contributed by atoms with van der Waals surface area (Å²) >= 11 is 0. The van der Waals surface area contributed by atoms with E-state index in [1.165, 1.54) is 5.56 Å². The van der Waals surface area contributed by atoms with Gasteiger partial charge in [0.2, 0.25) is 5.82 Å². The first-order valence-corrected chi connectivity index (χ1v) is 14.7. The maximum Gasteiger partial charge on any atom is 0.257 e. The molecule has 5 rings (SSSR count). The van der Waals surface area contributed by atoms with E-state index in [0.717, 1.165) is 11.1 Å². The summed E-state index contributed by atoms with van der Waals surface area (Å²) in [7, 11) is 2.03. The van der Waals surface area contributed by atoms with E-state index >= 15 is 0 Å². The number of nitrogens with one attached hydrogen (secondary N) is 1. The molecule has 0 radical (unpaired) electrons. The number of amides is 1. The van der Waals surface area contributed by atoms with E-state index < -0.39 is 46.8 Å². The number of halogens is 5. The van der Waals surface area contributed by atoms with Gasteiger partial charge in [0.25, 0.3) is 5.91 Å². The standard InChI is InChI=1S/C35H33F5N2O4/c1-20(23-6-4-3-5-7-23)42(2)18-26-16-27(24-12-10-22(19-43)11-13-24)46-35(45-26)25-14-8-21(9-15-25)17-41-34(44)28-29(36)31(38)33(40)32(39)30(28)37/h3-15,20,26-27,35,43H,16-19H2,1-2H3,(H,41,44)/t20-,26+,27-,35-/m0/s1. The van der Waals surface area contributed by atoms with E-state index in [9.17, 15) is 31.9 Å². The Morgan fingerprint density at radius 2 is 1.39 bits per heavy atom. The maximum absolute atomic E-state index is 14.0. The fraction of sp³-hybridized carbons (Fsp3) is 0.286. The van der Waals surface area contributed by atoms with Crippen LogP contribution in [0.4, 0.5) is 22.0 Å². The van der Waals surface area contributed by atoms with Crippen LogP contribution in [0.2, 0.25) is 0 Å². The molecule has 0 aliphatic carbocycles. The summed E-state index contributed by atoms with van der Waals surface area (Å²) in [6.45, 7) is 2.43. The lowest BCUT2D eigenvalue weighted by Crippen LogP contribution is -2.38. The van der Waals surface area contributed by atoms with Gasteiger partial charge in [0.05, 0.1) is 18.8 Å². The fourth-order valence-electron chi connectivity index (χ4n) is 5.37. The second-order valence-electron chi connectivity index (χ2n) is 11.2. The average Bonchev–Trinajstić information content (AvgIpc) is 3.09. The molecule has 46 heavy (non-hydrogen) atoms. The van der Waals surface area contributed by atoms with Gasteiger partial charge in [0.15, 0.2) is 29.6 Å². The van der Waals surface area contributed by atoms with E-state index in [-0.39, 0.29) is 31.4 Å². The molecule has 6 nitrogen and oxygen atoms in total. The summed E-state index contributed by atoms with van der Waals surface area (Å²) in [5.41, 5.74) is 2.52. The van der Waals surface area contributed by atoms with Gasteiger partial charge in [-0.25, -0.2) is 22.0 Å². The topological polar surface area (TPSA) is 71.0 Å². The molecule has 1 aliphatic heterocycles. The van der Waals surface area contributed by atoms with Crippen molar-refractivity contribution in [1.82, 2.24) is 10.2 Å². The number of nitrogens with zero attached hydrogens (tertiary/aromatic N) is 1. The summed E-state index contributed by atoms with van der Waals surface area (Å²) in [6.07, 6.45) is -0.684. The minimum atomic E-state index is -2.33. The molecule has 0 unspecified atom stereocenters. The number of likely N-dealkylation sites (N-methyl/N-ethyl adjacent to an activating group) is 1. The largest absolute Gasteiger partial charge is 0.392 e. The molecule has 0 bridgehead atoms. The Morgan fingerprint density at radius 3 is 2.00 bits per heavy atom. The van der Waals surface area contributed by atoms with Crippen LogP contribution in [-0.4, -0.2) is 35.6 Å². The molecular formula is C35H33F5N2O4. The Kier molecular flexibility index (Phi) is 10.5. The molecule has 1 heterocycles. The Balaban J connectivity index is 1.30. The predicted molar refractivity (Wildman–Crippen MR) is 160 cm³/mol. The Morgan fingerprint density at radius 1 is 0.826 bits per heavy atom. The molecule has 1 aliphatic rings. The molecule has 0 saturated carbocycles. The van der Waals surface area contributed by atoms with Gasteiger partial charge in [0.1, 0.15) is 5.56 Å². The SMILES string of the molecule is C[C@@H](c1ccccc1)N(C)C[C@H]1C[C@@H](c2ccc(CO)cc2)O[C@@H](c2ccc(CNC(=O)c3c(F)c(F)c(F)c(F)c3F)cc2)O1. The highest BCUT2D eigenvalue weighted by atomic mass is 19.2. The van der Waals surface area contributed by atoms with Crippen molar-refractivity contribution < 1.29 is 41.3 Å². The van der Waals surface area contributed by atoms with Gasteiger partial charge in [-0.05, 0) is 36.2 Å². The van der Waals surface area contributed by atoms with E-state index in [2.05, 4.69) is 29.3 Å². The third kappa shape index (κ3) is 7.28. The Hall–Kier alpha value is -4.16. The number of hydrogen-bond acceptors (Lipinski definition) is 5. The van der Waals surface area contributed by atoms with Crippen LogP contribution in [0.5, 0.6) is 0 Å². The second-order valence-corrected chi connectivity index (χ2v) is 11.2. The average molecular weight is 641 g/mol. The molecule has 0 aromatic heterocycles. The van der Waals surface area contributed by atoms with Gasteiger partial charge in [-0.3, -0.25) is 9.69 Å². The molecule has 1 fully saturated rings. The van der Waals surface area contributed by atoms with Crippen molar-refractivity contribution in [3.05, 3.63) is 141 Å². The highest BCUT2D eigenvalue weighted by Gasteiger charge is 2.34. The summed E-state index contributed by atoms with van der Waals surface area (Å²) < 4.78 is 81.4. The van der Waals surface area contributed by atoms with Crippen molar-refractivity contribution in [2.75, 3.05) is 13.6 Å². The van der Waals surface area contributed by atoms with Crippen LogP contribution in [0.25, 0.3) is 0 Å². The molecule has 1 saturated heterocycles. The molecule has 4 aromatic rings. The molecule has 4 aromatic carbocycles. The first kappa shape index (κ1) is 33.2. The number of ether oxygens (including phenoxy) is 2. The van der Waals surface area contributed by atoms with Gasteiger partial charge in [-0.15, -0.1) is 0 Å². The van der Waals surface area contributed by atoms with Gasteiger partial charge < -0.3 is 19.9 Å². The summed E-state index contributed by atoms with van der Waals surface area (Å²) in [6, 6.07) is 24.5. The summed E-state index contributed by atoms with van der Waals surface area (Å²) in [5.74, 6) is -12.6. The quantitative estimate of drug-likeness (QED) is 0.111. The monoisotopic (exact) mass is 640 g/mol. The zero-order valence-corrected chi connectivity index (χ0v) is 25.2. The van der Waals surface area contributed by atoms with E-state index in [4.69, 9.17) is 9.47 Å². The number of benzene rings is 4. The summed E-state index contributed by atoms with van der Waals surface area (Å²) in [5, 5.41) is 11.7. The van der Waals surface area contributed by atoms with Crippen molar-refractivity contribution in [3.8, 4) is 0 Å². The van der Waals surface area contributed by atoms with Crippen LogP contribution in [0.3, 0.4) is 0 Å². The first-order valence-electron chi connectivity index (χ1n) is 14.7. The van der Waals surface area contributed by atoms with Crippen LogP contribution in [0.1, 0.15) is 70.0 Å². The lowest BCUT2D eigenvalue weighted by atomic mass is 9.99. The highest BCUT2D eigenvalue weighted by Crippen LogP contribution is 2.38. The maximum atomic E-state index is 14.0. The number of carbonyl (C=O) groups excluding carboxylic acids is 1. The van der Waals surface area contributed by atoms with Gasteiger partial charge in [-0.1, -0.05) is 78.9 Å². The van der Waals surface area contributed by atoms with Crippen molar-refractivity contribution >= 4 is 5.91 Å². The zero-order chi connectivity index (χ0) is 33.0. The number of rotatable bonds is 10. The van der Waals surface area contributed by atoms with Crippen LogP contribution >= 0.6 is 0 Å². The number of carbonyl (C=O) groups is 1. The fourth-order valence-corrected chi connectivity index (χ4v) is 5.37. The third-order valence-electron chi connectivity index (χ3n) is 8.19. The predicted octanol–water partition coefficient (Wildman–Crippen LogP) is 7.04. The Labute approximate surface area is 263 Å². The normalized spacial score (nSPS) is 18.8. The summed E-state index contributed by atoms with van der Waals surface area (Å²) in [4.78, 5) is 14.6. The molecule has 4 atom stereocenters. The lowest BCUT2D eigenvalue weighted by Gasteiger charge is -2.39. The third-order valence-corrected chi connectivity index (χ3v) is 8.19. The van der Waals surface area contributed by atoms with Gasteiger partial charge in [-0.2, -0.15) is 0 Å². The lowest BCUT2D eigenvalue weighted by molar-refractivity contribution is -0.253. The minimum Gasteiger partial charge on any atom is -0.392 e. The molecule has 0 spiro atoms. The molecular weight excluding hydrogens is 607 g/mol. The first-order chi connectivity index (χ1) is 22.1. The number of hydrogen-bond donors (Lipinski definition) is 2. The van der Waals surface area contributed by atoms with E-state index in [1.807, 2.05) is 49.5 Å². The van der Waals surface area contributed by atoms with Crippen LogP contribution in [0, 0.1) is 29.1 Å². The molecule has 1 amide bonds. The van der Waals surface area contributed by atoms with Crippen LogP contribution in [0.15, 0.2) is 78.9 Å². The molecule has 242 valence electrons. The highest BCUT2D eigenvalue weighted by molar-refractivity contribution is 5.94. The van der Waals surface area contributed by atoms with Crippen molar-refractivity contribution in [2.24, 2.45) is 0 Å². The van der Waals surface area contributed by atoms with E-state index in [0.29, 0.717) is 24.1 Å².